The number of rotatable bonds is 10. The number of allylic oxidation sites excluding steroid dienone is 3. The van der Waals surface area contributed by atoms with Crippen molar-refractivity contribution >= 4 is 17.5 Å². The monoisotopic (exact) mass is 463 g/mol. The topological polar surface area (TPSA) is 70.7 Å². The third-order valence-corrected chi connectivity index (χ3v) is 6.59. The van der Waals surface area contributed by atoms with Crippen LogP contribution in [0.5, 0.6) is 0 Å². The predicted molar refractivity (Wildman–Crippen MR) is 137 cm³/mol. The number of ether oxygens (including phenoxy) is 1. The summed E-state index contributed by atoms with van der Waals surface area (Å²) < 4.78 is 5.83. The first kappa shape index (κ1) is 25.5. The van der Waals surface area contributed by atoms with Gasteiger partial charge >= 0.3 is 0 Å². The number of carbonyl (C=O) groups is 2. The largest absolute Gasteiger partial charge is 0.376 e. The zero-order chi connectivity index (χ0) is 24.7. The Morgan fingerprint density at radius 3 is 2.76 bits per heavy atom. The van der Waals surface area contributed by atoms with Gasteiger partial charge in [-0.25, -0.2) is 0 Å². The van der Waals surface area contributed by atoms with Gasteiger partial charge in [0.25, 0.3) is 11.8 Å². The van der Waals surface area contributed by atoms with Crippen LogP contribution in [0.4, 0.5) is 5.69 Å². The Labute approximate surface area is 203 Å². The molecular formula is C28H37N3O3. The minimum Gasteiger partial charge on any atom is -0.376 e. The van der Waals surface area contributed by atoms with Crippen LogP contribution in [0.3, 0.4) is 0 Å². The lowest BCUT2D eigenvalue weighted by Crippen LogP contribution is -2.35. The van der Waals surface area contributed by atoms with E-state index < -0.39 is 0 Å². The molecule has 1 saturated heterocycles. The Balaban J connectivity index is 1.80. The fourth-order valence-electron chi connectivity index (χ4n) is 4.42. The van der Waals surface area contributed by atoms with Crippen LogP contribution in [0.25, 0.3) is 0 Å². The van der Waals surface area contributed by atoms with Gasteiger partial charge in [0.2, 0.25) is 0 Å². The van der Waals surface area contributed by atoms with Crippen LogP contribution >= 0.6 is 0 Å². The van der Waals surface area contributed by atoms with Crippen LogP contribution in [0.2, 0.25) is 0 Å². The average Bonchev–Trinajstić information content (AvgIpc) is 3.13. The molecule has 1 fully saturated rings. The Kier molecular flexibility index (Phi) is 8.88. The summed E-state index contributed by atoms with van der Waals surface area (Å²) in [5.74, 6) is -0.0544. The average molecular weight is 464 g/mol. The molecule has 0 radical (unpaired) electrons. The Bertz CT molecular complexity index is 1000. The van der Waals surface area contributed by atoms with E-state index >= 15 is 0 Å². The van der Waals surface area contributed by atoms with Crippen LogP contribution < -0.4 is 10.6 Å². The minimum absolute atomic E-state index is 0.0362. The molecule has 0 spiro atoms. The van der Waals surface area contributed by atoms with Crippen LogP contribution in [0, 0.1) is 12.8 Å². The van der Waals surface area contributed by atoms with E-state index in [9.17, 15) is 9.59 Å². The number of aryl methyl sites for hydroxylation is 1. The van der Waals surface area contributed by atoms with E-state index in [2.05, 4.69) is 37.6 Å². The van der Waals surface area contributed by atoms with Crippen LogP contribution in [0.15, 0.2) is 61.0 Å². The molecule has 182 valence electrons. The van der Waals surface area contributed by atoms with Gasteiger partial charge in [-0.05, 0) is 67.9 Å². The molecule has 1 aromatic carbocycles. The van der Waals surface area contributed by atoms with E-state index in [1.165, 1.54) is 0 Å². The summed E-state index contributed by atoms with van der Waals surface area (Å²) >= 11 is 0. The second kappa shape index (κ2) is 11.8. The van der Waals surface area contributed by atoms with Gasteiger partial charge < -0.3 is 20.3 Å². The molecule has 0 aromatic heterocycles. The van der Waals surface area contributed by atoms with Crippen LogP contribution in [-0.2, 0) is 16.1 Å². The molecule has 2 atom stereocenters. The van der Waals surface area contributed by atoms with E-state index in [1.54, 1.807) is 24.4 Å². The summed E-state index contributed by atoms with van der Waals surface area (Å²) in [4.78, 5) is 28.1. The smallest absolute Gasteiger partial charge is 0.257 e. The molecule has 2 unspecified atom stereocenters. The Morgan fingerprint density at radius 1 is 1.32 bits per heavy atom. The summed E-state index contributed by atoms with van der Waals surface area (Å²) in [6.07, 6.45) is 11.0. The summed E-state index contributed by atoms with van der Waals surface area (Å²) in [7, 11) is 0. The minimum atomic E-state index is -0.232. The highest BCUT2D eigenvalue weighted by molar-refractivity contribution is 6.07. The number of carbonyl (C=O) groups excluding carboxylic acids is 2. The van der Waals surface area contributed by atoms with E-state index in [-0.39, 0.29) is 23.8 Å². The lowest BCUT2D eigenvalue weighted by Gasteiger charge is -2.27. The van der Waals surface area contributed by atoms with Crippen LogP contribution in [-0.4, -0.2) is 36.0 Å². The van der Waals surface area contributed by atoms with Gasteiger partial charge in [-0.15, -0.1) is 0 Å². The highest BCUT2D eigenvalue weighted by Crippen LogP contribution is 2.30. The number of hydrogen-bond acceptors (Lipinski definition) is 4. The molecule has 0 saturated carbocycles. The maximum atomic E-state index is 13.3. The summed E-state index contributed by atoms with van der Waals surface area (Å²) in [5.41, 5.74) is 4.50. The normalized spacial score (nSPS) is 19.4. The zero-order valence-corrected chi connectivity index (χ0v) is 20.7. The summed E-state index contributed by atoms with van der Waals surface area (Å²) in [6.45, 7) is 15.5. The van der Waals surface area contributed by atoms with E-state index in [4.69, 9.17) is 4.74 Å². The zero-order valence-electron chi connectivity index (χ0n) is 20.7. The van der Waals surface area contributed by atoms with Gasteiger partial charge in [0, 0.05) is 42.8 Å². The molecule has 34 heavy (non-hydrogen) atoms. The maximum Gasteiger partial charge on any atom is 0.257 e. The third kappa shape index (κ3) is 5.86. The van der Waals surface area contributed by atoms with Crippen molar-refractivity contribution < 1.29 is 14.3 Å². The van der Waals surface area contributed by atoms with Gasteiger partial charge in [-0.2, -0.15) is 0 Å². The third-order valence-electron chi connectivity index (χ3n) is 6.59. The second-order valence-electron chi connectivity index (χ2n) is 9.03. The van der Waals surface area contributed by atoms with E-state index in [0.29, 0.717) is 29.9 Å². The molecule has 6 heteroatoms. The molecule has 0 aliphatic carbocycles. The molecule has 2 N–H and O–H groups in total. The molecule has 0 bridgehead atoms. The van der Waals surface area contributed by atoms with E-state index in [0.717, 1.165) is 49.1 Å². The van der Waals surface area contributed by atoms with Crippen molar-refractivity contribution in [2.75, 3.05) is 18.5 Å². The van der Waals surface area contributed by atoms with Crippen LogP contribution in [0.1, 0.15) is 61.0 Å². The van der Waals surface area contributed by atoms with Gasteiger partial charge in [0.1, 0.15) is 0 Å². The standard InChI is InChI=1S/C28H37N3O3/c1-6-9-13-29-26(19(4)7-2)23(8-3)27(32)30-25-16-21-17-31(18-22-12-10-11-14-34-22)28(33)24(21)15-20(25)5/h6,8-9,13,15-16,19,22,29H,1,3,7,10-12,14,17-18H2,2,4-5H3,(H,30,32)/b13-9-,26-23+. The van der Waals surface area contributed by atoms with Gasteiger partial charge in [0.15, 0.2) is 0 Å². The first-order valence-corrected chi connectivity index (χ1v) is 12.2. The molecule has 2 aliphatic heterocycles. The van der Waals surface area contributed by atoms with Crippen molar-refractivity contribution in [1.29, 1.82) is 0 Å². The first-order valence-electron chi connectivity index (χ1n) is 12.2. The second-order valence-corrected chi connectivity index (χ2v) is 9.03. The Morgan fingerprint density at radius 2 is 2.12 bits per heavy atom. The van der Waals surface area contributed by atoms with Gasteiger partial charge in [0.05, 0.1) is 11.7 Å². The van der Waals surface area contributed by atoms with Gasteiger partial charge in [-0.3, -0.25) is 9.59 Å². The molecule has 6 nitrogen and oxygen atoms in total. The lowest BCUT2D eigenvalue weighted by atomic mass is 9.98. The Hall–Kier alpha value is -3.12. The molecule has 2 heterocycles. The fraction of sp³-hybridized carbons (Fsp3) is 0.429. The number of hydrogen-bond donors (Lipinski definition) is 2. The van der Waals surface area contributed by atoms with E-state index in [1.807, 2.05) is 24.0 Å². The molecule has 3 rings (SSSR count). The summed E-state index contributed by atoms with van der Waals surface area (Å²) in [6, 6.07) is 3.81. The number of nitrogens with zero attached hydrogens (tertiary/aromatic N) is 1. The SMILES string of the molecule is C=C/C=C\N/C(=C(\C=C)C(=O)Nc1cc2c(cc1C)C(=O)N(CC1CCCCO1)C2)C(C)CC. The van der Waals surface area contributed by atoms with Crippen molar-refractivity contribution in [2.24, 2.45) is 5.92 Å². The molecule has 2 amide bonds. The number of anilines is 1. The molecule has 2 aliphatic rings. The number of benzene rings is 1. The molecular weight excluding hydrogens is 426 g/mol. The van der Waals surface area contributed by atoms with Crippen molar-refractivity contribution in [2.45, 2.75) is 59.1 Å². The fourth-order valence-corrected chi connectivity index (χ4v) is 4.42. The lowest BCUT2D eigenvalue weighted by molar-refractivity contribution is -0.112. The highest BCUT2D eigenvalue weighted by Gasteiger charge is 2.31. The number of amides is 2. The first-order chi connectivity index (χ1) is 16.4. The highest BCUT2D eigenvalue weighted by atomic mass is 16.5. The quantitative estimate of drug-likeness (QED) is 0.368. The van der Waals surface area contributed by atoms with Gasteiger partial charge in [-0.1, -0.05) is 39.2 Å². The maximum absolute atomic E-state index is 13.3. The van der Waals surface area contributed by atoms with Crippen molar-refractivity contribution in [3.05, 3.63) is 77.7 Å². The number of nitrogens with one attached hydrogen (secondary N) is 2. The predicted octanol–water partition coefficient (Wildman–Crippen LogP) is 5.23. The van der Waals surface area contributed by atoms with Crippen molar-refractivity contribution in [3.8, 4) is 0 Å². The molecule has 1 aromatic rings. The number of fused-ring (bicyclic) bond motifs is 1. The van der Waals surface area contributed by atoms with Crippen molar-refractivity contribution in [3.63, 3.8) is 0 Å². The van der Waals surface area contributed by atoms with Crippen molar-refractivity contribution in [1.82, 2.24) is 10.2 Å². The summed E-state index contributed by atoms with van der Waals surface area (Å²) in [5, 5.41) is 6.27.